The fourth-order valence-corrected chi connectivity index (χ4v) is 6.97. The van der Waals surface area contributed by atoms with Crippen molar-refractivity contribution in [2.24, 2.45) is 11.7 Å². The number of nitrogens with zero attached hydrogens (tertiary/aromatic N) is 1. The number of aromatic nitrogens is 1. The second kappa shape index (κ2) is 11.5. The quantitative estimate of drug-likeness (QED) is 0.334. The van der Waals surface area contributed by atoms with E-state index in [1.807, 2.05) is 0 Å². The first kappa shape index (κ1) is 24.9. The Bertz CT molecular complexity index is 1150. The topological polar surface area (TPSA) is 60.0 Å². The van der Waals surface area contributed by atoms with Gasteiger partial charge in [0.2, 0.25) is 0 Å². The molecule has 3 N–H and O–H groups in total. The maximum Gasteiger partial charge on any atom is 0.312 e. The van der Waals surface area contributed by atoms with Crippen molar-refractivity contribution >= 4 is 16.9 Å². The summed E-state index contributed by atoms with van der Waals surface area (Å²) in [5.41, 5.74) is 11.1. The highest BCUT2D eigenvalue weighted by Gasteiger charge is 2.25. The van der Waals surface area contributed by atoms with E-state index in [0.717, 1.165) is 18.8 Å². The molecule has 1 unspecified atom stereocenters. The van der Waals surface area contributed by atoms with Crippen LogP contribution in [-0.2, 0) is 0 Å². The number of nitrogens with two attached hydrogens (primary N) is 1. The fourth-order valence-electron chi connectivity index (χ4n) is 6.97. The van der Waals surface area contributed by atoms with Gasteiger partial charge in [0, 0.05) is 35.1 Å². The van der Waals surface area contributed by atoms with Crippen molar-refractivity contribution in [1.82, 2.24) is 9.88 Å². The lowest BCUT2D eigenvalue weighted by atomic mass is 9.80. The zero-order valence-electron chi connectivity index (χ0n) is 21.9. The molecule has 2 amide bonds. The van der Waals surface area contributed by atoms with Crippen molar-refractivity contribution in [3.8, 4) is 0 Å². The SMILES string of the molecule is Cc1cccc(C(CCCC2CCC(NC(N)=O)CC2)c2cn(C3CCCCC3)c3ccccc23)c1. The van der Waals surface area contributed by atoms with E-state index in [0.29, 0.717) is 12.0 Å². The predicted molar refractivity (Wildman–Crippen MR) is 149 cm³/mol. The highest BCUT2D eigenvalue weighted by atomic mass is 16.2. The predicted octanol–water partition coefficient (Wildman–Crippen LogP) is 7.98. The molecule has 2 aromatic carbocycles. The van der Waals surface area contributed by atoms with Crippen LogP contribution in [-0.4, -0.2) is 16.6 Å². The number of carbonyl (C=O) groups excluding carboxylic acids is 1. The summed E-state index contributed by atoms with van der Waals surface area (Å²) in [6.45, 7) is 2.21. The van der Waals surface area contributed by atoms with Gasteiger partial charge in [-0.1, -0.05) is 80.1 Å². The minimum Gasteiger partial charge on any atom is -0.352 e. The van der Waals surface area contributed by atoms with Crippen molar-refractivity contribution in [3.63, 3.8) is 0 Å². The Morgan fingerprint density at radius 2 is 1.78 bits per heavy atom. The average molecular weight is 486 g/mol. The van der Waals surface area contributed by atoms with Crippen LogP contribution >= 0.6 is 0 Å². The number of aryl methyl sites for hydroxylation is 1. The molecule has 5 rings (SSSR count). The molecule has 1 heterocycles. The van der Waals surface area contributed by atoms with Gasteiger partial charge >= 0.3 is 6.03 Å². The Morgan fingerprint density at radius 3 is 2.53 bits per heavy atom. The number of hydrogen-bond acceptors (Lipinski definition) is 1. The summed E-state index contributed by atoms with van der Waals surface area (Å²) in [6, 6.07) is 18.8. The number of benzene rings is 2. The number of amides is 2. The van der Waals surface area contributed by atoms with Gasteiger partial charge in [-0.3, -0.25) is 0 Å². The molecule has 0 saturated heterocycles. The van der Waals surface area contributed by atoms with Gasteiger partial charge in [-0.05, 0) is 75.0 Å². The van der Waals surface area contributed by atoms with Crippen LogP contribution in [0.2, 0.25) is 0 Å². The minimum atomic E-state index is -0.383. The molecular formula is C32H43N3O. The molecule has 2 aliphatic carbocycles. The molecule has 192 valence electrons. The van der Waals surface area contributed by atoms with Gasteiger partial charge in [-0.15, -0.1) is 0 Å². The molecule has 4 heteroatoms. The number of carbonyl (C=O) groups is 1. The van der Waals surface area contributed by atoms with Crippen molar-refractivity contribution in [2.45, 2.75) is 102 Å². The third kappa shape index (κ3) is 5.79. The first-order valence-electron chi connectivity index (χ1n) is 14.3. The number of nitrogens with one attached hydrogen (secondary N) is 1. The lowest BCUT2D eigenvalue weighted by molar-refractivity contribution is 0.232. The molecule has 2 fully saturated rings. The zero-order chi connectivity index (χ0) is 24.9. The Hall–Kier alpha value is -2.75. The number of fused-ring (bicyclic) bond motifs is 1. The first-order chi connectivity index (χ1) is 17.6. The normalized spacial score (nSPS) is 21.9. The molecule has 1 aromatic heterocycles. The Morgan fingerprint density at radius 1 is 1.00 bits per heavy atom. The van der Waals surface area contributed by atoms with Gasteiger partial charge < -0.3 is 15.6 Å². The van der Waals surface area contributed by atoms with Gasteiger partial charge in [0.25, 0.3) is 0 Å². The van der Waals surface area contributed by atoms with Gasteiger partial charge in [0.1, 0.15) is 0 Å². The average Bonchev–Trinajstić information content (AvgIpc) is 3.27. The Kier molecular flexibility index (Phi) is 7.99. The highest BCUT2D eigenvalue weighted by Crippen LogP contribution is 2.40. The molecule has 4 nitrogen and oxygen atoms in total. The van der Waals surface area contributed by atoms with Crippen LogP contribution in [0, 0.1) is 12.8 Å². The van der Waals surface area contributed by atoms with Crippen LogP contribution in [0.15, 0.2) is 54.7 Å². The summed E-state index contributed by atoms with van der Waals surface area (Å²) >= 11 is 0. The monoisotopic (exact) mass is 485 g/mol. The maximum atomic E-state index is 11.2. The lowest BCUT2D eigenvalue weighted by Crippen LogP contribution is -2.40. The molecule has 0 spiro atoms. The van der Waals surface area contributed by atoms with Gasteiger partial charge in [0.15, 0.2) is 0 Å². The van der Waals surface area contributed by atoms with Crippen LogP contribution < -0.4 is 11.1 Å². The highest BCUT2D eigenvalue weighted by molar-refractivity contribution is 5.85. The Labute approximate surface area is 216 Å². The van der Waals surface area contributed by atoms with E-state index >= 15 is 0 Å². The van der Waals surface area contributed by atoms with E-state index in [1.165, 1.54) is 91.8 Å². The van der Waals surface area contributed by atoms with E-state index in [-0.39, 0.29) is 12.1 Å². The van der Waals surface area contributed by atoms with E-state index in [9.17, 15) is 4.79 Å². The molecule has 2 aliphatic rings. The summed E-state index contributed by atoms with van der Waals surface area (Å²) in [6.07, 6.45) is 17.4. The van der Waals surface area contributed by atoms with Gasteiger partial charge in [-0.2, -0.15) is 0 Å². The molecule has 1 atom stereocenters. The number of hydrogen-bond donors (Lipinski definition) is 2. The summed E-state index contributed by atoms with van der Waals surface area (Å²) in [5, 5.41) is 4.35. The third-order valence-electron chi connectivity index (χ3n) is 8.86. The van der Waals surface area contributed by atoms with E-state index < -0.39 is 0 Å². The zero-order valence-corrected chi connectivity index (χ0v) is 21.9. The summed E-state index contributed by atoms with van der Waals surface area (Å²) < 4.78 is 2.62. The molecule has 36 heavy (non-hydrogen) atoms. The van der Waals surface area contributed by atoms with Crippen molar-refractivity contribution in [2.75, 3.05) is 0 Å². The number of primary amides is 1. The summed E-state index contributed by atoms with van der Waals surface area (Å²) in [7, 11) is 0. The second-order valence-electron chi connectivity index (χ2n) is 11.4. The van der Waals surface area contributed by atoms with Crippen molar-refractivity contribution in [1.29, 1.82) is 0 Å². The maximum absolute atomic E-state index is 11.2. The van der Waals surface area contributed by atoms with Gasteiger partial charge in [-0.25, -0.2) is 4.79 Å². The van der Waals surface area contributed by atoms with Crippen LogP contribution in [0.1, 0.15) is 106 Å². The minimum absolute atomic E-state index is 0.268. The van der Waals surface area contributed by atoms with Gasteiger partial charge in [0.05, 0.1) is 0 Å². The lowest BCUT2D eigenvalue weighted by Gasteiger charge is -2.29. The molecule has 2 saturated carbocycles. The largest absolute Gasteiger partial charge is 0.352 e. The van der Waals surface area contributed by atoms with Crippen molar-refractivity contribution < 1.29 is 4.79 Å². The van der Waals surface area contributed by atoms with Crippen LogP contribution in [0.3, 0.4) is 0 Å². The van der Waals surface area contributed by atoms with E-state index in [2.05, 4.69) is 71.5 Å². The smallest absolute Gasteiger partial charge is 0.312 e. The molecule has 0 aliphatic heterocycles. The van der Waals surface area contributed by atoms with Crippen molar-refractivity contribution in [3.05, 3.63) is 71.4 Å². The number of para-hydroxylation sites is 1. The number of rotatable bonds is 8. The molecule has 3 aromatic rings. The van der Waals surface area contributed by atoms with Crippen LogP contribution in [0.5, 0.6) is 0 Å². The van der Waals surface area contributed by atoms with E-state index in [4.69, 9.17) is 5.73 Å². The molecule has 0 radical (unpaired) electrons. The van der Waals surface area contributed by atoms with E-state index in [1.54, 1.807) is 0 Å². The standard InChI is InChI=1S/C32H43N3O/c1-23-9-7-11-25(21-23)28(15-8-10-24-17-19-26(20-18-24)34-32(33)36)30-22-35(27-12-3-2-4-13-27)31-16-6-5-14-29(30)31/h5-7,9,11,14,16,21-22,24,26-28H,2-4,8,10,12-13,15,17-20H2,1H3,(H3,33,34,36). The summed E-state index contributed by atoms with van der Waals surface area (Å²) in [4.78, 5) is 11.2. The fraction of sp³-hybridized carbons (Fsp3) is 0.531. The number of urea groups is 1. The molecule has 0 bridgehead atoms. The summed E-state index contributed by atoms with van der Waals surface area (Å²) in [5.74, 6) is 1.19. The van der Waals surface area contributed by atoms with Crippen LogP contribution in [0.25, 0.3) is 10.9 Å². The second-order valence-corrected chi connectivity index (χ2v) is 11.4. The Balaban J connectivity index is 1.36. The third-order valence-corrected chi connectivity index (χ3v) is 8.86. The molecular weight excluding hydrogens is 442 g/mol. The van der Waals surface area contributed by atoms with Crippen LogP contribution in [0.4, 0.5) is 4.79 Å². The first-order valence-corrected chi connectivity index (χ1v) is 14.3.